The van der Waals surface area contributed by atoms with Crippen LogP contribution >= 0.6 is 0 Å². The lowest BCUT2D eigenvalue weighted by molar-refractivity contribution is -0.125. The zero-order valence-corrected chi connectivity index (χ0v) is 15.3. The molecule has 0 aliphatic heterocycles. The Morgan fingerprint density at radius 1 is 1.00 bits per heavy atom. The largest absolute Gasteiger partial charge is 0.353 e. The molecule has 0 aliphatic carbocycles. The quantitative estimate of drug-likeness (QED) is 0.748. The normalized spacial score (nSPS) is 11.9. The van der Waals surface area contributed by atoms with Gasteiger partial charge in [0.05, 0.1) is 0 Å². The van der Waals surface area contributed by atoms with Gasteiger partial charge in [0, 0.05) is 18.7 Å². The van der Waals surface area contributed by atoms with Crippen LogP contribution in [-0.2, 0) is 4.79 Å². The molecule has 0 aromatic heterocycles. The minimum Gasteiger partial charge on any atom is -0.353 e. The monoisotopic (exact) mass is 357 g/mol. The number of carbonyl (C=O) groups is 2. The third kappa shape index (κ3) is 5.13. The summed E-state index contributed by atoms with van der Waals surface area (Å²) < 4.78 is 12.9. The van der Waals surface area contributed by atoms with Gasteiger partial charge in [0.1, 0.15) is 11.9 Å². The second kappa shape index (κ2) is 9.10. The number of aryl methyl sites for hydroxylation is 1. The van der Waals surface area contributed by atoms with Gasteiger partial charge in [-0.3, -0.25) is 14.5 Å². The van der Waals surface area contributed by atoms with Gasteiger partial charge in [-0.25, -0.2) is 4.39 Å². The van der Waals surface area contributed by atoms with Gasteiger partial charge in [0.2, 0.25) is 5.91 Å². The first-order valence-corrected chi connectivity index (χ1v) is 8.43. The predicted molar refractivity (Wildman–Crippen MR) is 99.3 cm³/mol. The summed E-state index contributed by atoms with van der Waals surface area (Å²) >= 11 is 0. The van der Waals surface area contributed by atoms with Crippen LogP contribution in [0.25, 0.3) is 0 Å². The molecule has 5 nitrogen and oxygen atoms in total. The Labute approximate surface area is 153 Å². The molecule has 0 saturated heterocycles. The molecular weight excluding hydrogens is 333 g/mol. The summed E-state index contributed by atoms with van der Waals surface area (Å²) in [6, 6.07) is 12.7. The van der Waals surface area contributed by atoms with E-state index in [-0.39, 0.29) is 24.2 Å². The van der Waals surface area contributed by atoms with Crippen molar-refractivity contribution in [2.45, 2.75) is 13.0 Å². The van der Waals surface area contributed by atoms with Gasteiger partial charge >= 0.3 is 0 Å². The highest BCUT2D eigenvalue weighted by Gasteiger charge is 2.23. The molecule has 1 atom stereocenters. The van der Waals surface area contributed by atoms with E-state index in [4.69, 9.17) is 0 Å². The predicted octanol–water partition coefficient (Wildman–Crippen LogP) is 2.28. The number of hydrogen-bond acceptors (Lipinski definition) is 3. The van der Waals surface area contributed by atoms with Crippen LogP contribution in [0.2, 0.25) is 0 Å². The number of likely N-dealkylation sites (N-methyl/N-ethyl adjacent to an activating group) is 1. The third-order valence-corrected chi connectivity index (χ3v) is 4.06. The summed E-state index contributed by atoms with van der Waals surface area (Å²) in [7, 11) is 3.71. The topological polar surface area (TPSA) is 61.4 Å². The van der Waals surface area contributed by atoms with E-state index in [1.165, 1.54) is 24.3 Å². The van der Waals surface area contributed by atoms with E-state index >= 15 is 0 Å². The van der Waals surface area contributed by atoms with E-state index in [1.54, 1.807) is 0 Å². The lowest BCUT2D eigenvalue weighted by Gasteiger charge is -2.25. The van der Waals surface area contributed by atoms with Crippen LogP contribution in [0, 0.1) is 12.7 Å². The first kappa shape index (κ1) is 19.6. The molecule has 0 spiro atoms. The Bertz CT molecular complexity index is 760. The number of amides is 2. The summed E-state index contributed by atoms with van der Waals surface area (Å²) in [5, 5.41) is 5.55. The van der Waals surface area contributed by atoms with Crippen LogP contribution in [0.3, 0.4) is 0 Å². The van der Waals surface area contributed by atoms with Crippen molar-refractivity contribution in [2.24, 2.45) is 0 Å². The highest BCUT2D eigenvalue weighted by atomic mass is 19.1. The molecule has 2 aromatic rings. The molecule has 2 N–H and O–H groups in total. The Hall–Kier alpha value is -2.73. The fourth-order valence-electron chi connectivity index (χ4n) is 2.71. The van der Waals surface area contributed by atoms with E-state index in [0.717, 1.165) is 11.1 Å². The van der Waals surface area contributed by atoms with Crippen molar-refractivity contribution in [3.05, 3.63) is 71.0 Å². The standard InChI is InChI=1S/C20H24FN3O2/c1-14-6-4-5-7-17(14)18(24(2)3)20(26)23-13-12-22-19(25)15-8-10-16(21)11-9-15/h4-11,18H,12-13H2,1-3H3,(H,22,25)(H,23,26)/t18-/m1/s1. The first-order valence-electron chi connectivity index (χ1n) is 8.43. The average molecular weight is 357 g/mol. The molecule has 0 saturated carbocycles. The SMILES string of the molecule is Cc1ccccc1[C@H](C(=O)NCCNC(=O)c1ccc(F)cc1)N(C)C. The van der Waals surface area contributed by atoms with Crippen molar-refractivity contribution in [1.29, 1.82) is 0 Å². The maximum absolute atomic E-state index is 12.9. The zero-order valence-electron chi connectivity index (χ0n) is 15.3. The molecule has 0 heterocycles. The maximum atomic E-state index is 12.9. The maximum Gasteiger partial charge on any atom is 0.251 e. The average Bonchev–Trinajstić information content (AvgIpc) is 2.60. The molecule has 138 valence electrons. The molecule has 0 bridgehead atoms. The van der Waals surface area contributed by atoms with E-state index in [1.807, 2.05) is 50.2 Å². The summed E-state index contributed by atoms with van der Waals surface area (Å²) in [5.74, 6) is -0.817. The van der Waals surface area contributed by atoms with Crippen LogP contribution in [0.1, 0.15) is 27.5 Å². The van der Waals surface area contributed by atoms with Crippen LogP contribution in [0.15, 0.2) is 48.5 Å². The number of halogens is 1. The van der Waals surface area contributed by atoms with Crippen molar-refractivity contribution in [1.82, 2.24) is 15.5 Å². The van der Waals surface area contributed by atoms with Crippen LogP contribution in [-0.4, -0.2) is 43.9 Å². The number of carbonyl (C=O) groups excluding carboxylic acids is 2. The molecule has 26 heavy (non-hydrogen) atoms. The first-order chi connectivity index (χ1) is 12.4. The van der Waals surface area contributed by atoms with E-state index in [0.29, 0.717) is 12.1 Å². The number of rotatable bonds is 7. The van der Waals surface area contributed by atoms with E-state index in [2.05, 4.69) is 10.6 Å². The summed E-state index contributed by atoms with van der Waals surface area (Å²) in [6.45, 7) is 2.57. The van der Waals surface area contributed by atoms with Gasteiger partial charge in [-0.2, -0.15) is 0 Å². The smallest absolute Gasteiger partial charge is 0.251 e. The van der Waals surface area contributed by atoms with Crippen molar-refractivity contribution in [3.8, 4) is 0 Å². The minimum atomic E-state index is -0.399. The van der Waals surface area contributed by atoms with Crippen molar-refractivity contribution in [2.75, 3.05) is 27.2 Å². The molecule has 0 unspecified atom stereocenters. The highest BCUT2D eigenvalue weighted by molar-refractivity contribution is 5.94. The molecule has 2 amide bonds. The number of nitrogens with one attached hydrogen (secondary N) is 2. The molecule has 2 aromatic carbocycles. The van der Waals surface area contributed by atoms with Gasteiger partial charge in [-0.15, -0.1) is 0 Å². The third-order valence-electron chi connectivity index (χ3n) is 4.06. The van der Waals surface area contributed by atoms with Crippen molar-refractivity contribution >= 4 is 11.8 Å². The fraction of sp³-hybridized carbons (Fsp3) is 0.300. The van der Waals surface area contributed by atoms with E-state index < -0.39 is 6.04 Å². The van der Waals surface area contributed by atoms with Crippen molar-refractivity contribution in [3.63, 3.8) is 0 Å². The van der Waals surface area contributed by atoms with Gasteiger partial charge in [-0.1, -0.05) is 24.3 Å². The molecular formula is C20H24FN3O2. The van der Waals surface area contributed by atoms with Gasteiger partial charge in [0.15, 0.2) is 0 Å². The van der Waals surface area contributed by atoms with E-state index in [9.17, 15) is 14.0 Å². The van der Waals surface area contributed by atoms with Gasteiger partial charge in [0.25, 0.3) is 5.91 Å². The summed E-state index contributed by atoms with van der Waals surface area (Å²) in [5.41, 5.74) is 2.38. The highest BCUT2D eigenvalue weighted by Crippen LogP contribution is 2.21. The molecule has 2 rings (SSSR count). The number of nitrogens with zero attached hydrogens (tertiary/aromatic N) is 1. The second-order valence-electron chi connectivity index (χ2n) is 6.28. The zero-order chi connectivity index (χ0) is 19.1. The second-order valence-corrected chi connectivity index (χ2v) is 6.28. The fourth-order valence-corrected chi connectivity index (χ4v) is 2.71. The lowest BCUT2D eigenvalue weighted by Crippen LogP contribution is -2.41. The molecule has 0 radical (unpaired) electrons. The van der Waals surface area contributed by atoms with Gasteiger partial charge in [-0.05, 0) is 56.4 Å². The number of hydrogen-bond donors (Lipinski definition) is 2. The molecule has 6 heteroatoms. The summed E-state index contributed by atoms with van der Waals surface area (Å²) in [4.78, 5) is 26.4. The lowest BCUT2D eigenvalue weighted by atomic mass is 10.00. The Balaban J connectivity index is 1.87. The summed E-state index contributed by atoms with van der Waals surface area (Å²) in [6.07, 6.45) is 0. The Kier molecular flexibility index (Phi) is 6.86. The Morgan fingerprint density at radius 2 is 1.62 bits per heavy atom. The molecule has 0 aliphatic rings. The Morgan fingerprint density at radius 3 is 2.23 bits per heavy atom. The molecule has 0 fully saturated rings. The number of benzene rings is 2. The van der Waals surface area contributed by atoms with Gasteiger partial charge < -0.3 is 10.6 Å². The van der Waals surface area contributed by atoms with Crippen LogP contribution in [0.5, 0.6) is 0 Å². The van der Waals surface area contributed by atoms with Crippen molar-refractivity contribution < 1.29 is 14.0 Å². The minimum absolute atomic E-state index is 0.125. The van der Waals surface area contributed by atoms with Crippen LogP contribution < -0.4 is 10.6 Å². The van der Waals surface area contributed by atoms with Crippen LogP contribution in [0.4, 0.5) is 4.39 Å².